The minimum atomic E-state index is -1.84. The summed E-state index contributed by atoms with van der Waals surface area (Å²) < 4.78 is 35.0. The number of carbonyl (C=O) groups excluding carboxylic acids is 3. The summed E-state index contributed by atoms with van der Waals surface area (Å²) in [6.45, 7) is 5.85. The second-order valence-electron chi connectivity index (χ2n) is 10.9. The molecule has 0 amide bonds. The van der Waals surface area contributed by atoms with Crippen LogP contribution in [0.4, 0.5) is 8.78 Å². The summed E-state index contributed by atoms with van der Waals surface area (Å²) in [7, 11) is 0. The fraction of sp³-hybridized carbons (Fsp3) is 0.792. The highest BCUT2D eigenvalue weighted by Gasteiger charge is 2.71. The number of aliphatic hydroxyl groups excluding tert-OH is 1. The fourth-order valence-electron chi connectivity index (χ4n) is 8.00. The van der Waals surface area contributed by atoms with E-state index in [1.807, 2.05) is 0 Å². The lowest BCUT2D eigenvalue weighted by atomic mass is 9.45. The molecule has 8 heteroatoms. The van der Waals surface area contributed by atoms with Crippen LogP contribution in [-0.4, -0.2) is 52.2 Å². The van der Waals surface area contributed by atoms with E-state index >= 15 is 4.39 Å². The van der Waals surface area contributed by atoms with Crippen LogP contribution in [0.1, 0.15) is 59.8 Å². The smallest absolute Gasteiger partial charge is 0.303 e. The van der Waals surface area contributed by atoms with Crippen LogP contribution in [0.25, 0.3) is 0 Å². The number of hydrogen-bond donors (Lipinski definition) is 2. The molecule has 0 spiro atoms. The SMILES string of the molecule is CC(=O)OCC(=O)[C@@]1(O)C(C)C[C@H]2[C@@H]3CC(F)C4=C(F)C(=O)CC[C@]4(C)[C@H]3C(O)C[C@@]21C. The number of hydrogen-bond acceptors (Lipinski definition) is 6. The van der Waals surface area contributed by atoms with Gasteiger partial charge in [-0.3, -0.25) is 14.4 Å². The van der Waals surface area contributed by atoms with Crippen LogP contribution >= 0.6 is 0 Å². The van der Waals surface area contributed by atoms with Crippen molar-refractivity contribution in [1.29, 1.82) is 0 Å². The first kappa shape index (κ1) is 23.5. The molecular weight excluding hydrogens is 422 g/mol. The molecule has 9 atom stereocenters. The van der Waals surface area contributed by atoms with Crippen LogP contribution in [0.15, 0.2) is 11.4 Å². The molecule has 3 saturated carbocycles. The second kappa shape index (κ2) is 7.42. The number of esters is 1. The van der Waals surface area contributed by atoms with E-state index in [2.05, 4.69) is 0 Å². The Labute approximate surface area is 186 Å². The molecule has 0 aromatic carbocycles. The Morgan fingerprint density at radius 3 is 2.53 bits per heavy atom. The van der Waals surface area contributed by atoms with E-state index in [1.165, 1.54) is 6.92 Å². The Hall–Kier alpha value is -1.67. The molecule has 32 heavy (non-hydrogen) atoms. The number of alkyl halides is 1. The van der Waals surface area contributed by atoms with Gasteiger partial charge < -0.3 is 14.9 Å². The van der Waals surface area contributed by atoms with E-state index in [1.54, 1.807) is 20.8 Å². The minimum absolute atomic E-state index is 0.0301. The molecule has 6 nitrogen and oxygen atoms in total. The maximum Gasteiger partial charge on any atom is 0.303 e. The van der Waals surface area contributed by atoms with E-state index in [0.29, 0.717) is 6.42 Å². The van der Waals surface area contributed by atoms with Gasteiger partial charge in [-0.25, -0.2) is 8.78 Å². The third-order valence-electron chi connectivity index (χ3n) is 9.36. The first-order valence-corrected chi connectivity index (χ1v) is 11.4. The highest BCUT2D eigenvalue weighted by molar-refractivity contribution is 5.95. The van der Waals surface area contributed by atoms with E-state index in [0.717, 1.165) is 0 Å². The molecule has 0 aromatic heterocycles. The van der Waals surface area contributed by atoms with Crippen molar-refractivity contribution in [2.75, 3.05) is 6.61 Å². The van der Waals surface area contributed by atoms with Crippen LogP contribution in [0.5, 0.6) is 0 Å². The van der Waals surface area contributed by atoms with Gasteiger partial charge in [0, 0.05) is 29.7 Å². The Kier molecular flexibility index (Phi) is 5.45. The molecule has 2 N–H and O–H groups in total. The van der Waals surface area contributed by atoms with Gasteiger partial charge in [0.25, 0.3) is 0 Å². The Morgan fingerprint density at radius 1 is 1.25 bits per heavy atom. The first-order valence-electron chi connectivity index (χ1n) is 11.4. The van der Waals surface area contributed by atoms with Gasteiger partial charge in [0.1, 0.15) is 11.8 Å². The van der Waals surface area contributed by atoms with Crippen LogP contribution in [0.3, 0.4) is 0 Å². The van der Waals surface area contributed by atoms with E-state index in [4.69, 9.17) is 4.74 Å². The Bertz CT molecular complexity index is 901. The van der Waals surface area contributed by atoms with Gasteiger partial charge in [0.05, 0.1) is 6.10 Å². The molecule has 3 unspecified atom stereocenters. The average molecular weight is 455 g/mol. The average Bonchev–Trinajstić information content (AvgIpc) is 2.90. The summed E-state index contributed by atoms with van der Waals surface area (Å²) in [5.74, 6) is -4.57. The van der Waals surface area contributed by atoms with Gasteiger partial charge in [-0.15, -0.1) is 0 Å². The molecule has 0 heterocycles. The Balaban J connectivity index is 1.75. The largest absolute Gasteiger partial charge is 0.458 e. The van der Waals surface area contributed by atoms with Gasteiger partial charge in [0.2, 0.25) is 5.78 Å². The van der Waals surface area contributed by atoms with Crippen LogP contribution in [0.2, 0.25) is 0 Å². The van der Waals surface area contributed by atoms with Gasteiger partial charge >= 0.3 is 5.97 Å². The zero-order valence-corrected chi connectivity index (χ0v) is 19.0. The van der Waals surface area contributed by atoms with E-state index in [9.17, 15) is 29.0 Å². The predicted octanol–water partition coefficient (Wildman–Crippen LogP) is 2.84. The standard InChI is InChI=1S/C24H32F2O6/c1-11-7-14-13-8-15(25)20-21(26)16(28)5-6-22(20,3)19(13)17(29)9-23(14,4)24(11,31)18(30)10-32-12(2)27/h11,13-15,17,19,29,31H,5-10H2,1-4H3/t11?,13-,14-,15?,17?,19+,22+,23-,24-/m0/s1. The summed E-state index contributed by atoms with van der Waals surface area (Å²) in [6, 6.07) is 0. The number of allylic oxidation sites excluding steroid dienone is 1. The van der Waals surface area contributed by atoms with Gasteiger partial charge in [-0.05, 0) is 49.4 Å². The number of halogens is 2. The summed E-state index contributed by atoms with van der Waals surface area (Å²) in [4.78, 5) is 36.2. The molecule has 4 rings (SSSR count). The number of rotatable bonds is 3. The molecule has 0 radical (unpaired) electrons. The van der Waals surface area contributed by atoms with Crippen LogP contribution < -0.4 is 0 Å². The van der Waals surface area contributed by atoms with Crippen molar-refractivity contribution in [2.45, 2.75) is 77.7 Å². The number of Topliss-reactive ketones (excluding diaryl/α,β-unsaturated/α-hetero) is 2. The lowest BCUT2D eigenvalue weighted by molar-refractivity contribution is -0.191. The maximum absolute atomic E-state index is 15.4. The lowest BCUT2D eigenvalue weighted by Gasteiger charge is -2.61. The molecule has 3 fully saturated rings. The third kappa shape index (κ3) is 2.91. The van der Waals surface area contributed by atoms with Crippen molar-refractivity contribution in [3.8, 4) is 0 Å². The minimum Gasteiger partial charge on any atom is -0.458 e. The quantitative estimate of drug-likeness (QED) is 0.636. The van der Waals surface area contributed by atoms with Gasteiger partial charge in [0.15, 0.2) is 18.2 Å². The van der Waals surface area contributed by atoms with Crippen molar-refractivity contribution in [2.24, 2.45) is 34.5 Å². The van der Waals surface area contributed by atoms with Crippen molar-refractivity contribution in [3.63, 3.8) is 0 Å². The molecule has 0 aromatic rings. The zero-order chi connectivity index (χ0) is 23.8. The highest BCUT2D eigenvalue weighted by Crippen LogP contribution is 2.69. The lowest BCUT2D eigenvalue weighted by Crippen LogP contribution is -2.64. The fourth-order valence-corrected chi connectivity index (χ4v) is 8.00. The third-order valence-corrected chi connectivity index (χ3v) is 9.36. The van der Waals surface area contributed by atoms with Crippen molar-refractivity contribution >= 4 is 17.5 Å². The summed E-state index contributed by atoms with van der Waals surface area (Å²) in [6.07, 6.45) is -1.96. The highest BCUT2D eigenvalue weighted by atomic mass is 19.1. The molecule has 178 valence electrons. The van der Waals surface area contributed by atoms with E-state index in [-0.39, 0.29) is 43.1 Å². The summed E-state index contributed by atoms with van der Waals surface area (Å²) in [5, 5.41) is 23.0. The van der Waals surface area contributed by atoms with Crippen molar-refractivity contribution in [3.05, 3.63) is 11.4 Å². The number of carbonyl (C=O) groups is 3. The summed E-state index contributed by atoms with van der Waals surface area (Å²) in [5.41, 5.74) is -4.00. The van der Waals surface area contributed by atoms with Crippen LogP contribution in [-0.2, 0) is 19.1 Å². The molecule has 0 aliphatic heterocycles. The monoisotopic (exact) mass is 454 g/mol. The Morgan fingerprint density at radius 2 is 1.91 bits per heavy atom. The second-order valence-corrected chi connectivity index (χ2v) is 10.9. The first-order chi connectivity index (χ1) is 14.8. The molecule has 4 aliphatic carbocycles. The van der Waals surface area contributed by atoms with E-state index < -0.39 is 70.5 Å². The van der Waals surface area contributed by atoms with Crippen LogP contribution in [0, 0.1) is 34.5 Å². The van der Waals surface area contributed by atoms with Crippen molar-refractivity contribution < 1.29 is 38.1 Å². The molecular formula is C24H32F2O6. The molecule has 0 bridgehead atoms. The van der Waals surface area contributed by atoms with Crippen molar-refractivity contribution in [1.82, 2.24) is 0 Å². The number of ketones is 2. The normalized spacial score (nSPS) is 48.1. The predicted molar refractivity (Wildman–Crippen MR) is 110 cm³/mol. The maximum atomic E-state index is 15.4. The number of fused-ring (bicyclic) bond motifs is 5. The molecule has 4 aliphatic rings. The van der Waals surface area contributed by atoms with Gasteiger partial charge in [-0.1, -0.05) is 20.8 Å². The van der Waals surface area contributed by atoms with Gasteiger partial charge in [-0.2, -0.15) is 0 Å². The topological polar surface area (TPSA) is 101 Å². The number of ether oxygens (including phenoxy) is 1. The molecule has 0 saturated heterocycles. The summed E-state index contributed by atoms with van der Waals surface area (Å²) >= 11 is 0. The zero-order valence-electron chi connectivity index (χ0n) is 19.0. The number of aliphatic hydroxyl groups is 2.